The fourth-order valence-corrected chi connectivity index (χ4v) is 1.90. The van der Waals surface area contributed by atoms with E-state index in [1.807, 2.05) is 6.92 Å². The first kappa shape index (κ1) is 13.4. The van der Waals surface area contributed by atoms with E-state index in [1.165, 1.54) is 11.3 Å². The van der Waals surface area contributed by atoms with Gasteiger partial charge in [0.15, 0.2) is 5.13 Å². The summed E-state index contributed by atoms with van der Waals surface area (Å²) in [6, 6.07) is 0. The maximum Gasteiger partial charge on any atom is 0.308 e. The molecule has 0 aliphatic carbocycles. The molecule has 1 aromatic rings. The molecule has 1 amide bonds. The molecule has 0 aromatic carbocycles. The van der Waals surface area contributed by atoms with Gasteiger partial charge in [-0.05, 0) is 6.42 Å². The molecule has 0 fully saturated rings. The highest BCUT2D eigenvalue weighted by Crippen LogP contribution is 2.11. The zero-order chi connectivity index (χ0) is 12.8. The molecule has 94 valence electrons. The van der Waals surface area contributed by atoms with Crippen molar-refractivity contribution < 1.29 is 14.7 Å². The number of rotatable bonds is 6. The molecule has 7 heteroatoms. The third-order valence-electron chi connectivity index (χ3n) is 2.25. The number of aromatic nitrogens is 1. The zero-order valence-corrected chi connectivity index (χ0v) is 10.3. The second-order valence-corrected chi connectivity index (χ2v) is 4.49. The predicted molar refractivity (Wildman–Crippen MR) is 64.9 cm³/mol. The van der Waals surface area contributed by atoms with Crippen molar-refractivity contribution >= 4 is 28.3 Å². The van der Waals surface area contributed by atoms with Gasteiger partial charge in [0.05, 0.1) is 5.92 Å². The largest absolute Gasteiger partial charge is 0.481 e. The smallest absolute Gasteiger partial charge is 0.308 e. The number of carboxylic acids is 1. The van der Waals surface area contributed by atoms with Gasteiger partial charge in [-0.1, -0.05) is 13.3 Å². The third kappa shape index (κ3) is 4.03. The van der Waals surface area contributed by atoms with Crippen molar-refractivity contribution in [2.24, 2.45) is 5.92 Å². The predicted octanol–water partition coefficient (Wildman–Crippen LogP) is 0.956. The van der Waals surface area contributed by atoms with Crippen molar-refractivity contribution in [1.29, 1.82) is 0 Å². The Kier molecular flexibility index (Phi) is 4.89. The lowest BCUT2D eigenvalue weighted by Crippen LogP contribution is -2.33. The average molecular weight is 257 g/mol. The summed E-state index contributed by atoms with van der Waals surface area (Å²) in [7, 11) is 0. The van der Waals surface area contributed by atoms with E-state index in [9.17, 15) is 9.59 Å². The van der Waals surface area contributed by atoms with E-state index >= 15 is 0 Å². The number of carboxylic acid groups (broad SMARTS) is 1. The van der Waals surface area contributed by atoms with E-state index in [1.54, 1.807) is 5.38 Å². The quantitative estimate of drug-likeness (QED) is 0.703. The number of nitrogens with two attached hydrogens (primary N) is 1. The molecule has 0 spiro atoms. The van der Waals surface area contributed by atoms with Gasteiger partial charge in [0.1, 0.15) is 5.69 Å². The molecule has 1 unspecified atom stereocenters. The minimum Gasteiger partial charge on any atom is -0.481 e. The number of nitrogen functional groups attached to an aromatic ring is 1. The molecule has 1 aromatic heterocycles. The van der Waals surface area contributed by atoms with Crippen molar-refractivity contribution in [1.82, 2.24) is 10.3 Å². The van der Waals surface area contributed by atoms with Crippen LogP contribution in [0.25, 0.3) is 0 Å². The van der Waals surface area contributed by atoms with Gasteiger partial charge in [0.25, 0.3) is 5.91 Å². The first-order valence-corrected chi connectivity index (χ1v) is 6.14. The first-order chi connectivity index (χ1) is 8.04. The fraction of sp³-hybridized carbons (Fsp3) is 0.500. The summed E-state index contributed by atoms with van der Waals surface area (Å²) in [5.41, 5.74) is 5.63. The number of thiazole rings is 1. The topological polar surface area (TPSA) is 105 Å². The van der Waals surface area contributed by atoms with Crippen molar-refractivity contribution in [3.8, 4) is 0 Å². The number of nitrogens with zero attached hydrogens (tertiary/aromatic N) is 1. The Labute approximate surface area is 103 Å². The van der Waals surface area contributed by atoms with Crippen LogP contribution in [0, 0.1) is 5.92 Å². The van der Waals surface area contributed by atoms with Crippen LogP contribution in [0.15, 0.2) is 5.38 Å². The van der Waals surface area contributed by atoms with E-state index in [4.69, 9.17) is 10.8 Å². The molecule has 1 atom stereocenters. The van der Waals surface area contributed by atoms with Crippen LogP contribution in [0.1, 0.15) is 30.3 Å². The Balaban J connectivity index is 2.49. The Morgan fingerprint density at radius 3 is 2.82 bits per heavy atom. The molecule has 4 N–H and O–H groups in total. The average Bonchev–Trinajstić information content (AvgIpc) is 2.70. The van der Waals surface area contributed by atoms with E-state index in [0.717, 1.165) is 6.42 Å². The second kappa shape index (κ2) is 6.19. The fourth-order valence-electron chi connectivity index (χ4n) is 1.36. The van der Waals surface area contributed by atoms with Crippen LogP contribution in [0.2, 0.25) is 0 Å². The zero-order valence-electron chi connectivity index (χ0n) is 9.47. The highest BCUT2D eigenvalue weighted by molar-refractivity contribution is 7.13. The van der Waals surface area contributed by atoms with Crippen molar-refractivity contribution in [2.45, 2.75) is 19.8 Å². The summed E-state index contributed by atoms with van der Waals surface area (Å²) in [5.74, 6) is -1.84. The molecule has 0 saturated carbocycles. The lowest BCUT2D eigenvalue weighted by atomic mass is 10.0. The van der Waals surface area contributed by atoms with Crippen LogP contribution in [0.3, 0.4) is 0 Å². The normalized spacial score (nSPS) is 12.1. The van der Waals surface area contributed by atoms with Crippen molar-refractivity contribution in [3.05, 3.63) is 11.1 Å². The number of carbonyl (C=O) groups excluding carboxylic acids is 1. The molecule has 0 bridgehead atoms. The first-order valence-electron chi connectivity index (χ1n) is 5.26. The van der Waals surface area contributed by atoms with Gasteiger partial charge in [-0.3, -0.25) is 9.59 Å². The summed E-state index contributed by atoms with van der Waals surface area (Å²) < 4.78 is 0. The SMILES string of the molecule is CCCC(CNC(=O)c1csc(N)n1)C(=O)O. The van der Waals surface area contributed by atoms with Gasteiger partial charge in [0, 0.05) is 11.9 Å². The third-order valence-corrected chi connectivity index (χ3v) is 2.92. The van der Waals surface area contributed by atoms with E-state index in [2.05, 4.69) is 10.3 Å². The summed E-state index contributed by atoms with van der Waals surface area (Å²) in [5, 5.41) is 13.3. The maximum atomic E-state index is 11.6. The maximum absolute atomic E-state index is 11.6. The van der Waals surface area contributed by atoms with Crippen molar-refractivity contribution in [3.63, 3.8) is 0 Å². The summed E-state index contributed by atoms with van der Waals surface area (Å²) >= 11 is 1.17. The molecule has 0 aliphatic rings. The van der Waals surface area contributed by atoms with Gasteiger partial charge in [-0.15, -0.1) is 11.3 Å². The molecular formula is C10H15N3O3S. The number of hydrogen-bond acceptors (Lipinski definition) is 5. The molecule has 17 heavy (non-hydrogen) atoms. The van der Waals surface area contributed by atoms with Crippen LogP contribution in [-0.4, -0.2) is 28.5 Å². The minimum atomic E-state index is -0.898. The number of hydrogen-bond donors (Lipinski definition) is 3. The lowest BCUT2D eigenvalue weighted by molar-refractivity contribution is -0.141. The molecular weight excluding hydrogens is 242 g/mol. The summed E-state index contributed by atoms with van der Waals surface area (Å²) in [4.78, 5) is 26.2. The number of anilines is 1. The van der Waals surface area contributed by atoms with E-state index in [0.29, 0.717) is 11.6 Å². The van der Waals surface area contributed by atoms with Gasteiger partial charge in [-0.2, -0.15) is 0 Å². The number of aliphatic carboxylic acids is 1. The highest BCUT2D eigenvalue weighted by Gasteiger charge is 2.18. The van der Waals surface area contributed by atoms with Crippen LogP contribution in [0.4, 0.5) is 5.13 Å². The number of nitrogens with one attached hydrogen (secondary N) is 1. The van der Waals surface area contributed by atoms with E-state index < -0.39 is 11.9 Å². The Morgan fingerprint density at radius 2 is 2.35 bits per heavy atom. The van der Waals surface area contributed by atoms with Crippen LogP contribution in [-0.2, 0) is 4.79 Å². The Morgan fingerprint density at radius 1 is 1.65 bits per heavy atom. The van der Waals surface area contributed by atoms with Crippen LogP contribution >= 0.6 is 11.3 Å². The van der Waals surface area contributed by atoms with Crippen molar-refractivity contribution in [2.75, 3.05) is 12.3 Å². The molecule has 6 nitrogen and oxygen atoms in total. The summed E-state index contributed by atoms with van der Waals surface area (Å²) in [6.07, 6.45) is 1.30. The standard InChI is InChI=1S/C10H15N3O3S/c1-2-3-6(9(15)16)4-12-8(14)7-5-17-10(11)13-7/h5-6H,2-4H2,1H3,(H2,11,13)(H,12,14)(H,15,16). The highest BCUT2D eigenvalue weighted by atomic mass is 32.1. The number of amides is 1. The molecule has 0 aliphatic heterocycles. The van der Waals surface area contributed by atoms with Gasteiger partial charge in [0.2, 0.25) is 0 Å². The molecule has 0 saturated heterocycles. The Bertz CT molecular complexity index is 405. The van der Waals surface area contributed by atoms with Crippen LogP contribution < -0.4 is 11.1 Å². The van der Waals surface area contributed by atoms with Gasteiger partial charge < -0.3 is 16.2 Å². The number of carbonyl (C=O) groups is 2. The Hall–Kier alpha value is -1.63. The molecule has 1 heterocycles. The second-order valence-electron chi connectivity index (χ2n) is 3.60. The monoisotopic (exact) mass is 257 g/mol. The van der Waals surface area contributed by atoms with Crippen LogP contribution in [0.5, 0.6) is 0 Å². The lowest BCUT2D eigenvalue weighted by Gasteiger charge is -2.11. The van der Waals surface area contributed by atoms with E-state index in [-0.39, 0.29) is 18.1 Å². The molecule has 0 radical (unpaired) electrons. The van der Waals surface area contributed by atoms with Gasteiger partial charge >= 0.3 is 5.97 Å². The summed E-state index contributed by atoms with van der Waals surface area (Å²) in [6.45, 7) is 2.01. The molecule has 1 rings (SSSR count). The van der Waals surface area contributed by atoms with Gasteiger partial charge in [-0.25, -0.2) is 4.98 Å². The minimum absolute atomic E-state index is 0.111.